The van der Waals surface area contributed by atoms with E-state index in [1.54, 1.807) is 0 Å². The van der Waals surface area contributed by atoms with Crippen molar-refractivity contribution in [2.75, 3.05) is 0 Å². The summed E-state index contributed by atoms with van der Waals surface area (Å²) in [4.78, 5) is 0. The highest BCUT2D eigenvalue weighted by atomic mass is 14.2. The van der Waals surface area contributed by atoms with Crippen LogP contribution in [-0.2, 0) is 6.42 Å². The molecule has 0 amide bonds. The largest absolute Gasteiger partial charge is 0.192 e. The maximum atomic E-state index is 9.12. The second-order valence-corrected chi connectivity index (χ2v) is 5.51. The normalized spacial score (nSPS) is 10.3. The minimum atomic E-state index is 0.762. The third-order valence-electron chi connectivity index (χ3n) is 3.87. The minimum Gasteiger partial charge on any atom is -0.192 e. The molecule has 2 aromatic carbocycles. The van der Waals surface area contributed by atoms with E-state index >= 15 is 0 Å². The maximum Gasteiger partial charge on any atom is 0.0991 e. The molecule has 0 aliphatic rings. The van der Waals surface area contributed by atoms with Gasteiger partial charge in [-0.05, 0) is 41.7 Å². The molecule has 0 saturated heterocycles. The Morgan fingerprint density at radius 1 is 0.905 bits per heavy atom. The molecular weight excluding hydrogens is 254 g/mol. The van der Waals surface area contributed by atoms with Gasteiger partial charge in [-0.3, -0.25) is 0 Å². The Kier molecular flexibility index (Phi) is 6.03. The lowest BCUT2D eigenvalue weighted by atomic mass is 9.94. The van der Waals surface area contributed by atoms with Crippen LogP contribution in [0.2, 0.25) is 0 Å². The monoisotopic (exact) mass is 277 g/mol. The van der Waals surface area contributed by atoms with E-state index in [0.717, 1.165) is 12.0 Å². The van der Waals surface area contributed by atoms with Crippen molar-refractivity contribution in [3.8, 4) is 17.2 Å². The highest BCUT2D eigenvalue weighted by Gasteiger charge is 2.06. The van der Waals surface area contributed by atoms with Gasteiger partial charge in [0.15, 0.2) is 0 Å². The number of rotatable bonds is 7. The average molecular weight is 277 g/mol. The summed E-state index contributed by atoms with van der Waals surface area (Å²) in [6.07, 6.45) is 7.45. The molecular formula is C20H23N. The van der Waals surface area contributed by atoms with Gasteiger partial charge in [-0.25, -0.2) is 0 Å². The maximum absolute atomic E-state index is 9.12. The van der Waals surface area contributed by atoms with E-state index in [1.165, 1.54) is 48.8 Å². The Balaban J connectivity index is 2.15. The zero-order valence-electron chi connectivity index (χ0n) is 12.8. The van der Waals surface area contributed by atoms with Gasteiger partial charge in [0, 0.05) is 0 Å². The van der Waals surface area contributed by atoms with Crippen LogP contribution in [0.5, 0.6) is 0 Å². The highest BCUT2D eigenvalue weighted by molar-refractivity contribution is 5.68. The first-order chi connectivity index (χ1) is 10.3. The lowest BCUT2D eigenvalue weighted by Gasteiger charge is -2.10. The van der Waals surface area contributed by atoms with Crippen LogP contribution in [0.1, 0.15) is 50.2 Å². The summed E-state index contributed by atoms with van der Waals surface area (Å²) in [5.74, 6) is 0. The molecule has 0 heterocycles. The SMILES string of the molecule is CCCCCCCc1cc(C#N)ccc1-c1ccccc1. The number of hydrogen-bond acceptors (Lipinski definition) is 1. The van der Waals surface area contributed by atoms with Crippen molar-refractivity contribution in [2.45, 2.75) is 45.4 Å². The number of unbranched alkanes of at least 4 members (excludes halogenated alkanes) is 4. The summed E-state index contributed by atoms with van der Waals surface area (Å²) in [6.45, 7) is 2.24. The van der Waals surface area contributed by atoms with Crippen LogP contribution in [0.4, 0.5) is 0 Å². The van der Waals surface area contributed by atoms with Crippen molar-refractivity contribution in [3.63, 3.8) is 0 Å². The lowest BCUT2D eigenvalue weighted by Crippen LogP contribution is -1.92. The molecule has 0 unspecified atom stereocenters. The van der Waals surface area contributed by atoms with Crippen molar-refractivity contribution in [3.05, 3.63) is 59.7 Å². The van der Waals surface area contributed by atoms with Crippen LogP contribution in [0.25, 0.3) is 11.1 Å². The molecule has 21 heavy (non-hydrogen) atoms. The third kappa shape index (κ3) is 4.46. The molecule has 0 saturated carbocycles. The zero-order chi connectivity index (χ0) is 14.9. The second-order valence-electron chi connectivity index (χ2n) is 5.51. The van der Waals surface area contributed by atoms with Crippen molar-refractivity contribution in [2.24, 2.45) is 0 Å². The Morgan fingerprint density at radius 2 is 1.67 bits per heavy atom. The standard InChI is InChI=1S/C20H23N/c1-2-3-4-5-7-12-19-15-17(16-21)13-14-20(19)18-10-8-6-9-11-18/h6,8-11,13-15H,2-5,7,12H2,1H3. The lowest BCUT2D eigenvalue weighted by molar-refractivity contribution is 0.632. The van der Waals surface area contributed by atoms with Crippen LogP contribution < -0.4 is 0 Å². The van der Waals surface area contributed by atoms with E-state index in [-0.39, 0.29) is 0 Å². The van der Waals surface area contributed by atoms with Crippen molar-refractivity contribution < 1.29 is 0 Å². The molecule has 0 aliphatic heterocycles. The summed E-state index contributed by atoms with van der Waals surface area (Å²) in [6, 6.07) is 18.8. The molecule has 0 aromatic heterocycles. The number of nitriles is 1. The third-order valence-corrected chi connectivity index (χ3v) is 3.87. The fraction of sp³-hybridized carbons (Fsp3) is 0.350. The van der Waals surface area contributed by atoms with E-state index in [2.05, 4.69) is 49.4 Å². The van der Waals surface area contributed by atoms with Gasteiger partial charge < -0.3 is 0 Å². The molecule has 108 valence electrons. The van der Waals surface area contributed by atoms with Crippen molar-refractivity contribution in [1.82, 2.24) is 0 Å². The summed E-state index contributed by atoms with van der Waals surface area (Å²) in [7, 11) is 0. The Labute approximate surface area is 128 Å². The predicted octanol–water partition coefficient (Wildman–Crippen LogP) is 5.74. The summed E-state index contributed by atoms with van der Waals surface area (Å²) in [5, 5.41) is 9.12. The van der Waals surface area contributed by atoms with Gasteiger partial charge >= 0.3 is 0 Å². The summed E-state index contributed by atoms with van der Waals surface area (Å²) >= 11 is 0. The molecule has 0 atom stereocenters. The average Bonchev–Trinajstić information content (AvgIpc) is 2.55. The molecule has 2 aromatic rings. The number of hydrogen-bond donors (Lipinski definition) is 0. The van der Waals surface area contributed by atoms with Crippen LogP contribution >= 0.6 is 0 Å². The topological polar surface area (TPSA) is 23.8 Å². The van der Waals surface area contributed by atoms with Gasteiger partial charge in [-0.2, -0.15) is 5.26 Å². The quantitative estimate of drug-likeness (QED) is 0.592. The first-order valence-electron chi connectivity index (χ1n) is 7.93. The highest BCUT2D eigenvalue weighted by Crippen LogP contribution is 2.26. The van der Waals surface area contributed by atoms with Gasteiger partial charge in [0.05, 0.1) is 11.6 Å². The minimum absolute atomic E-state index is 0.762. The molecule has 0 aliphatic carbocycles. The van der Waals surface area contributed by atoms with Crippen molar-refractivity contribution >= 4 is 0 Å². The van der Waals surface area contributed by atoms with E-state index in [9.17, 15) is 0 Å². The van der Waals surface area contributed by atoms with E-state index in [0.29, 0.717) is 0 Å². The first-order valence-corrected chi connectivity index (χ1v) is 7.93. The Bertz CT molecular complexity index is 593. The smallest absolute Gasteiger partial charge is 0.0991 e. The van der Waals surface area contributed by atoms with Gasteiger partial charge in [-0.1, -0.05) is 69.0 Å². The molecule has 0 bridgehead atoms. The zero-order valence-corrected chi connectivity index (χ0v) is 12.8. The van der Waals surface area contributed by atoms with Crippen LogP contribution in [-0.4, -0.2) is 0 Å². The van der Waals surface area contributed by atoms with E-state index in [1.807, 2.05) is 12.1 Å². The fourth-order valence-electron chi connectivity index (χ4n) is 2.69. The first kappa shape index (κ1) is 15.3. The number of aryl methyl sites for hydroxylation is 1. The van der Waals surface area contributed by atoms with Gasteiger partial charge in [-0.15, -0.1) is 0 Å². The predicted molar refractivity (Wildman–Crippen MR) is 89.1 cm³/mol. The molecule has 0 radical (unpaired) electrons. The Hall–Kier alpha value is -2.07. The number of nitrogens with zero attached hydrogens (tertiary/aromatic N) is 1. The second kappa shape index (κ2) is 8.27. The van der Waals surface area contributed by atoms with Gasteiger partial charge in [0.2, 0.25) is 0 Å². The molecule has 0 spiro atoms. The number of benzene rings is 2. The molecule has 2 rings (SSSR count). The van der Waals surface area contributed by atoms with Gasteiger partial charge in [0.25, 0.3) is 0 Å². The van der Waals surface area contributed by atoms with E-state index in [4.69, 9.17) is 5.26 Å². The molecule has 0 N–H and O–H groups in total. The summed E-state index contributed by atoms with van der Waals surface area (Å²) in [5.41, 5.74) is 4.57. The fourth-order valence-corrected chi connectivity index (χ4v) is 2.69. The molecule has 1 heteroatoms. The van der Waals surface area contributed by atoms with Gasteiger partial charge in [0.1, 0.15) is 0 Å². The van der Waals surface area contributed by atoms with Crippen LogP contribution in [0, 0.1) is 11.3 Å². The summed E-state index contributed by atoms with van der Waals surface area (Å²) < 4.78 is 0. The van der Waals surface area contributed by atoms with E-state index < -0.39 is 0 Å². The van der Waals surface area contributed by atoms with Crippen molar-refractivity contribution in [1.29, 1.82) is 5.26 Å². The Morgan fingerprint density at radius 3 is 2.38 bits per heavy atom. The van der Waals surface area contributed by atoms with Crippen LogP contribution in [0.15, 0.2) is 48.5 Å². The van der Waals surface area contributed by atoms with Crippen LogP contribution in [0.3, 0.4) is 0 Å². The molecule has 0 fully saturated rings. The molecule has 1 nitrogen and oxygen atoms in total.